The lowest BCUT2D eigenvalue weighted by atomic mass is 10.0. The van der Waals surface area contributed by atoms with Crippen molar-refractivity contribution in [3.05, 3.63) is 24.2 Å². The zero-order valence-electron chi connectivity index (χ0n) is 12.4. The van der Waals surface area contributed by atoms with Crippen LogP contribution in [0.4, 0.5) is 0 Å². The van der Waals surface area contributed by atoms with Gasteiger partial charge < -0.3 is 14.6 Å². The number of hydrogen-bond donors (Lipinski definition) is 1. The molecule has 3 nitrogen and oxygen atoms in total. The minimum absolute atomic E-state index is 0.516. The fraction of sp³-hybridized carbons (Fsp3) is 0.733. The van der Waals surface area contributed by atoms with E-state index in [1.807, 2.05) is 12.1 Å². The summed E-state index contributed by atoms with van der Waals surface area (Å²) in [6, 6.07) is 5.07. The molecule has 0 amide bonds. The lowest BCUT2D eigenvalue weighted by molar-refractivity contribution is 0.268. The molecule has 3 heteroatoms. The first-order chi connectivity index (χ1) is 8.49. The van der Waals surface area contributed by atoms with Crippen LogP contribution >= 0.6 is 0 Å². The Balaban J connectivity index is 2.33. The van der Waals surface area contributed by atoms with E-state index in [9.17, 15) is 0 Å². The summed E-state index contributed by atoms with van der Waals surface area (Å²) in [5, 5.41) is 3.73. The highest BCUT2D eigenvalue weighted by Gasteiger charge is 2.16. The Morgan fingerprint density at radius 2 is 2.00 bits per heavy atom. The van der Waals surface area contributed by atoms with Crippen LogP contribution in [-0.2, 0) is 6.42 Å². The molecule has 1 N–H and O–H groups in total. The molecule has 1 rings (SSSR count). The minimum Gasteiger partial charge on any atom is -0.469 e. The highest BCUT2D eigenvalue weighted by Crippen LogP contribution is 2.09. The van der Waals surface area contributed by atoms with Crippen LogP contribution in [0.2, 0.25) is 0 Å². The highest BCUT2D eigenvalue weighted by molar-refractivity contribution is 4.98. The van der Waals surface area contributed by atoms with Gasteiger partial charge in [-0.25, -0.2) is 0 Å². The number of nitrogens with one attached hydrogen (secondary N) is 1. The largest absolute Gasteiger partial charge is 0.469 e. The van der Waals surface area contributed by atoms with Gasteiger partial charge >= 0.3 is 0 Å². The molecule has 18 heavy (non-hydrogen) atoms. The van der Waals surface area contributed by atoms with Crippen molar-refractivity contribution >= 4 is 0 Å². The zero-order valence-corrected chi connectivity index (χ0v) is 12.4. The van der Waals surface area contributed by atoms with Crippen molar-refractivity contribution in [2.45, 2.75) is 45.7 Å². The Morgan fingerprint density at radius 3 is 2.50 bits per heavy atom. The van der Waals surface area contributed by atoms with E-state index in [0.717, 1.165) is 25.1 Å². The summed E-state index contributed by atoms with van der Waals surface area (Å²) in [4.78, 5) is 2.25. The topological polar surface area (TPSA) is 28.4 Å². The number of aryl methyl sites for hydroxylation is 1. The van der Waals surface area contributed by atoms with E-state index in [-0.39, 0.29) is 0 Å². The third kappa shape index (κ3) is 5.69. The Hall–Kier alpha value is -0.800. The third-order valence-electron chi connectivity index (χ3n) is 3.27. The SMILES string of the molecule is CC(CCc1ccco1)NC(CN(C)C)C(C)C. The van der Waals surface area contributed by atoms with Crippen LogP contribution < -0.4 is 5.32 Å². The quantitative estimate of drug-likeness (QED) is 0.771. The predicted molar refractivity (Wildman–Crippen MR) is 76.8 cm³/mol. The van der Waals surface area contributed by atoms with E-state index >= 15 is 0 Å². The summed E-state index contributed by atoms with van der Waals surface area (Å²) in [5.41, 5.74) is 0. The first kappa shape index (κ1) is 15.3. The van der Waals surface area contributed by atoms with E-state index in [1.165, 1.54) is 0 Å². The maximum Gasteiger partial charge on any atom is 0.103 e. The summed E-state index contributed by atoms with van der Waals surface area (Å²) in [7, 11) is 4.26. The molecule has 2 unspecified atom stereocenters. The molecular formula is C15H28N2O. The first-order valence-electron chi connectivity index (χ1n) is 6.92. The molecule has 2 atom stereocenters. The van der Waals surface area contributed by atoms with Gasteiger partial charge in [-0.05, 0) is 45.5 Å². The van der Waals surface area contributed by atoms with E-state index in [4.69, 9.17) is 4.42 Å². The molecule has 0 radical (unpaired) electrons. The van der Waals surface area contributed by atoms with Gasteiger partial charge in [0.2, 0.25) is 0 Å². The highest BCUT2D eigenvalue weighted by atomic mass is 16.3. The summed E-state index contributed by atoms with van der Waals surface area (Å²) in [5.74, 6) is 1.73. The second-order valence-electron chi connectivity index (χ2n) is 5.80. The van der Waals surface area contributed by atoms with Crippen molar-refractivity contribution in [1.29, 1.82) is 0 Å². The van der Waals surface area contributed by atoms with Crippen molar-refractivity contribution in [3.8, 4) is 0 Å². The van der Waals surface area contributed by atoms with Crippen LogP contribution in [-0.4, -0.2) is 37.6 Å². The summed E-state index contributed by atoms with van der Waals surface area (Å²) in [6.45, 7) is 7.90. The second kappa shape index (κ2) is 7.59. The first-order valence-corrected chi connectivity index (χ1v) is 6.92. The number of nitrogens with zero attached hydrogens (tertiary/aromatic N) is 1. The van der Waals surface area contributed by atoms with Crippen LogP contribution in [0, 0.1) is 5.92 Å². The third-order valence-corrected chi connectivity index (χ3v) is 3.27. The van der Waals surface area contributed by atoms with Gasteiger partial charge in [0.25, 0.3) is 0 Å². The molecule has 0 saturated heterocycles. The monoisotopic (exact) mass is 252 g/mol. The number of rotatable bonds is 8. The van der Waals surface area contributed by atoms with Gasteiger partial charge in [-0.2, -0.15) is 0 Å². The Morgan fingerprint density at radius 1 is 1.28 bits per heavy atom. The van der Waals surface area contributed by atoms with Gasteiger partial charge in [0.1, 0.15) is 5.76 Å². The fourth-order valence-electron chi connectivity index (χ4n) is 2.11. The maximum atomic E-state index is 5.36. The lowest BCUT2D eigenvalue weighted by Gasteiger charge is -2.29. The molecule has 0 aliphatic carbocycles. The maximum absolute atomic E-state index is 5.36. The molecular weight excluding hydrogens is 224 g/mol. The standard InChI is InChI=1S/C15H28N2O/c1-12(2)15(11-17(4)5)16-13(3)8-9-14-7-6-10-18-14/h6-7,10,12-13,15-16H,8-9,11H2,1-5H3. The van der Waals surface area contributed by atoms with E-state index < -0.39 is 0 Å². The number of furan rings is 1. The Kier molecular flexibility index (Phi) is 6.44. The van der Waals surface area contributed by atoms with Crippen molar-refractivity contribution in [2.24, 2.45) is 5.92 Å². The average molecular weight is 252 g/mol. The molecule has 0 aliphatic rings. The lowest BCUT2D eigenvalue weighted by Crippen LogP contribution is -2.46. The molecule has 0 aromatic carbocycles. The van der Waals surface area contributed by atoms with E-state index in [1.54, 1.807) is 6.26 Å². The smallest absolute Gasteiger partial charge is 0.103 e. The summed E-state index contributed by atoms with van der Waals surface area (Å²) in [6.07, 6.45) is 3.87. The van der Waals surface area contributed by atoms with Crippen LogP contribution in [0.1, 0.15) is 33.0 Å². The molecule has 1 aromatic rings. The molecule has 0 saturated carbocycles. The van der Waals surface area contributed by atoms with Gasteiger partial charge in [-0.3, -0.25) is 0 Å². The Labute approximate surface area is 112 Å². The molecule has 1 aromatic heterocycles. The van der Waals surface area contributed by atoms with Crippen molar-refractivity contribution < 1.29 is 4.42 Å². The van der Waals surface area contributed by atoms with Crippen LogP contribution in [0.3, 0.4) is 0 Å². The van der Waals surface area contributed by atoms with Crippen LogP contribution in [0.15, 0.2) is 22.8 Å². The van der Waals surface area contributed by atoms with Crippen LogP contribution in [0.5, 0.6) is 0 Å². The molecule has 0 aliphatic heterocycles. The normalized spacial score (nSPS) is 15.3. The second-order valence-corrected chi connectivity index (χ2v) is 5.80. The molecule has 0 fully saturated rings. The molecule has 0 spiro atoms. The van der Waals surface area contributed by atoms with Gasteiger partial charge in [-0.15, -0.1) is 0 Å². The van der Waals surface area contributed by atoms with Crippen molar-refractivity contribution in [3.63, 3.8) is 0 Å². The summed E-state index contributed by atoms with van der Waals surface area (Å²) < 4.78 is 5.36. The van der Waals surface area contributed by atoms with Crippen molar-refractivity contribution in [2.75, 3.05) is 20.6 Å². The number of likely N-dealkylation sites (N-methyl/N-ethyl adjacent to an activating group) is 1. The van der Waals surface area contributed by atoms with Crippen LogP contribution in [0.25, 0.3) is 0 Å². The minimum atomic E-state index is 0.516. The van der Waals surface area contributed by atoms with Gasteiger partial charge in [0.15, 0.2) is 0 Å². The van der Waals surface area contributed by atoms with Gasteiger partial charge in [0, 0.05) is 25.0 Å². The van der Waals surface area contributed by atoms with E-state index in [0.29, 0.717) is 18.0 Å². The Bertz CT molecular complexity index is 306. The zero-order chi connectivity index (χ0) is 13.5. The predicted octanol–water partition coefficient (Wildman–Crippen LogP) is 2.78. The van der Waals surface area contributed by atoms with E-state index in [2.05, 4.69) is 45.1 Å². The van der Waals surface area contributed by atoms with Crippen molar-refractivity contribution in [1.82, 2.24) is 10.2 Å². The number of hydrogen-bond acceptors (Lipinski definition) is 3. The molecule has 104 valence electrons. The van der Waals surface area contributed by atoms with Gasteiger partial charge in [0.05, 0.1) is 6.26 Å². The average Bonchev–Trinajstić information content (AvgIpc) is 2.77. The molecule has 1 heterocycles. The molecule has 0 bridgehead atoms. The van der Waals surface area contributed by atoms with Gasteiger partial charge in [-0.1, -0.05) is 13.8 Å². The fourth-order valence-corrected chi connectivity index (χ4v) is 2.11. The summed E-state index contributed by atoms with van der Waals surface area (Å²) >= 11 is 0.